The molecule has 3 heterocycles. The molecule has 2 aromatic heterocycles. The number of aromatic amines is 1. The van der Waals surface area contributed by atoms with Gasteiger partial charge in [-0.15, -0.1) is 0 Å². The van der Waals surface area contributed by atoms with Crippen molar-refractivity contribution in [1.29, 1.82) is 0 Å². The Morgan fingerprint density at radius 3 is 2.68 bits per heavy atom. The minimum absolute atomic E-state index is 0.0590. The fourth-order valence-corrected chi connectivity index (χ4v) is 6.42. The maximum absolute atomic E-state index is 13.0. The standard InChI is InChI=1S/C24H29N3O3S/c1-3-4-12-31(29,30)17-6-7-21(27-15-24(16-27)9-5-10-24)19(13-17)20-14-26(2)23(28)22-18(20)8-11-25-22/h6-8,11,13-14,25H,3-5,9-10,12,15-16H2,1-2H3/i2D3. The molecule has 1 saturated heterocycles. The van der Waals surface area contributed by atoms with Crippen LogP contribution in [0.4, 0.5) is 5.69 Å². The third-order valence-electron chi connectivity index (χ3n) is 6.92. The molecule has 1 spiro atoms. The first kappa shape index (κ1) is 17.1. The van der Waals surface area contributed by atoms with Gasteiger partial charge in [0, 0.05) is 64.2 Å². The number of H-pyrrole nitrogens is 1. The Hall–Kier alpha value is -2.54. The van der Waals surface area contributed by atoms with Gasteiger partial charge in [-0.1, -0.05) is 19.8 Å². The SMILES string of the molecule is [2H]C([2H])([2H])n1cc(-c2cc(S(=O)(=O)CCCC)ccc2N2CC3(CCC3)C2)c2cc[nH]c2c1=O. The molecule has 5 rings (SSSR count). The van der Waals surface area contributed by atoms with Gasteiger partial charge in [-0.05, 0) is 43.5 Å². The third-order valence-corrected chi connectivity index (χ3v) is 8.72. The van der Waals surface area contributed by atoms with Crippen LogP contribution in [-0.2, 0) is 16.8 Å². The van der Waals surface area contributed by atoms with E-state index in [4.69, 9.17) is 4.11 Å². The van der Waals surface area contributed by atoms with Crippen molar-refractivity contribution in [2.75, 3.05) is 23.7 Å². The van der Waals surface area contributed by atoms with Gasteiger partial charge < -0.3 is 14.5 Å². The summed E-state index contributed by atoms with van der Waals surface area (Å²) in [6.45, 7) is 1.09. The highest BCUT2D eigenvalue weighted by Crippen LogP contribution is 2.51. The summed E-state index contributed by atoms with van der Waals surface area (Å²) in [6, 6.07) is 6.89. The molecule has 0 radical (unpaired) electrons. The number of hydrogen-bond donors (Lipinski definition) is 1. The number of hydrogen-bond acceptors (Lipinski definition) is 4. The number of unbranched alkanes of at least 4 members (excludes halogenated alkanes) is 1. The van der Waals surface area contributed by atoms with E-state index in [0.717, 1.165) is 29.8 Å². The minimum atomic E-state index is -3.49. The first-order chi connectivity index (χ1) is 16.0. The Kier molecular flexibility index (Phi) is 4.00. The smallest absolute Gasteiger partial charge is 0.274 e. The first-order valence-corrected chi connectivity index (χ1v) is 12.6. The number of fused-ring (bicyclic) bond motifs is 1. The highest BCUT2D eigenvalue weighted by molar-refractivity contribution is 7.91. The molecule has 6 nitrogen and oxygen atoms in total. The number of nitrogens with zero attached hydrogens (tertiary/aromatic N) is 2. The lowest BCUT2D eigenvalue weighted by Gasteiger charge is -2.57. The molecule has 2 fully saturated rings. The van der Waals surface area contributed by atoms with Gasteiger partial charge in [0.15, 0.2) is 9.84 Å². The summed E-state index contributed by atoms with van der Waals surface area (Å²) < 4.78 is 50.4. The van der Waals surface area contributed by atoms with E-state index in [0.29, 0.717) is 28.3 Å². The molecule has 3 aromatic rings. The molecule has 164 valence electrons. The van der Waals surface area contributed by atoms with Crippen LogP contribution in [0.15, 0.2) is 46.3 Å². The summed E-state index contributed by atoms with van der Waals surface area (Å²) in [7, 11) is -3.49. The molecule has 31 heavy (non-hydrogen) atoms. The Morgan fingerprint density at radius 2 is 2.00 bits per heavy atom. The number of aryl methyl sites for hydroxylation is 1. The number of benzene rings is 1. The fourth-order valence-electron chi connectivity index (χ4n) is 4.94. The van der Waals surface area contributed by atoms with Crippen LogP contribution in [0, 0.1) is 5.41 Å². The number of nitrogens with one attached hydrogen (secondary N) is 1. The Balaban J connectivity index is 1.71. The van der Waals surface area contributed by atoms with E-state index in [2.05, 4.69) is 9.88 Å². The lowest BCUT2D eigenvalue weighted by molar-refractivity contribution is 0.0905. The van der Waals surface area contributed by atoms with Gasteiger partial charge in [-0.2, -0.15) is 0 Å². The number of anilines is 1. The van der Waals surface area contributed by atoms with E-state index in [9.17, 15) is 13.2 Å². The average Bonchev–Trinajstić information content (AvgIpc) is 3.20. The van der Waals surface area contributed by atoms with Crippen LogP contribution in [0.25, 0.3) is 22.0 Å². The van der Waals surface area contributed by atoms with Crippen molar-refractivity contribution in [2.45, 2.75) is 43.9 Å². The summed E-state index contributed by atoms with van der Waals surface area (Å²) in [5.74, 6) is 0.0590. The molecule has 0 unspecified atom stereocenters. The second-order valence-corrected chi connectivity index (χ2v) is 11.2. The van der Waals surface area contributed by atoms with Crippen molar-refractivity contribution in [1.82, 2.24) is 9.55 Å². The normalized spacial score (nSPS) is 19.5. The van der Waals surface area contributed by atoms with Crippen molar-refractivity contribution in [3.63, 3.8) is 0 Å². The van der Waals surface area contributed by atoms with Gasteiger partial charge >= 0.3 is 0 Å². The molecule has 1 aromatic carbocycles. The zero-order valence-corrected chi connectivity index (χ0v) is 18.5. The van der Waals surface area contributed by atoms with Crippen LogP contribution in [0.5, 0.6) is 0 Å². The summed E-state index contributed by atoms with van der Waals surface area (Å²) in [6.07, 6.45) is 7.94. The predicted octanol–water partition coefficient (Wildman–Crippen LogP) is 4.10. The van der Waals surface area contributed by atoms with E-state index in [1.165, 1.54) is 25.5 Å². The molecule has 1 aliphatic heterocycles. The van der Waals surface area contributed by atoms with Crippen LogP contribution < -0.4 is 10.5 Å². The van der Waals surface area contributed by atoms with E-state index in [1.807, 2.05) is 13.0 Å². The summed E-state index contributed by atoms with van der Waals surface area (Å²) >= 11 is 0. The monoisotopic (exact) mass is 442 g/mol. The van der Waals surface area contributed by atoms with Crippen molar-refractivity contribution in [3.05, 3.63) is 47.0 Å². The molecule has 7 heteroatoms. The van der Waals surface area contributed by atoms with Crippen LogP contribution in [-0.4, -0.2) is 36.8 Å². The van der Waals surface area contributed by atoms with Crippen LogP contribution in [0.1, 0.15) is 43.1 Å². The van der Waals surface area contributed by atoms with Crippen LogP contribution in [0.2, 0.25) is 0 Å². The van der Waals surface area contributed by atoms with Crippen LogP contribution in [0.3, 0.4) is 0 Å². The maximum Gasteiger partial charge on any atom is 0.274 e. The van der Waals surface area contributed by atoms with Crippen molar-refractivity contribution in [3.8, 4) is 11.1 Å². The molecular formula is C24H29N3O3S. The zero-order chi connectivity index (χ0) is 24.3. The van der Waals surface area contributed by atoms with E-state index < -0.39 is 22.4 Å². The lowest BCUT2D eigenvalue weighted by Crippen LogP contribution is -2.60. The molecule has 1 saturated carbocycles. The topological polar surface area (TPSA) is 75.2 Å². The number of pyridine rings is 1. The summed E-state index contributed by atoms with van der Waals surface area (Å²) in [5.41, 5.74) is 1.94. The van der Waals surface area contributed by atoms with Gasteiger partial charge in [0.25, 0.3) is 5.56 Å². The molecule has 2 aliphatic rings. The number of sulfone groups is 1. The Labute approximate surface area is 187 Å². The second-order valence-electron chi connectivity index (χ2n) is 9.05. The highest BCUT2D eigenvalue weighted by Gasteiger charge is 2.47. The van der Waals surface area contributed by atoms with E-state index in [-0.39, 0.29) is 16.2 Å². The van der Waals surface area contributed by atoms with Crippen molar-refractivity contribution >= 4 is 26.4 Å². The lowest BCUT2D eigenvalue weighted by atomic mass is 9.63. The maximum atomic E-state index is 13.0. The van der Waals surface area contributed by atoms with Gasteiger partial charge in [-0.25, -0.2) is 8.42 Å². The molecule has 0 atom stereocenters. The number of rotatable bonds is 6. The quantitative estimate of drug-likeness (QED) is 0.624. The van der Waals surface area contributed by atoms with E-state index >= 15 is 0 Å². The van der Waals surface area contributed by atoms with Crippen LogP contribution >= 0.6 is 0 Å². The average molecular weight is 443 g/mol. The van der Waals surface area contributed by atoms with Gasteiger partial charge in [0.2, 0.25) is 0 Å². The largest absolute Gasteiger partial charge is 0.370 e. The van der Waals surface area contributed by atoms with Gasteiger partial charge in [-0.3, -0.25) is 4.79 Å². The molecule has 0 bridgehead atoms. The molecular weight excluding hydrogens is 410 g/mol. The van der Waals surface area contributed by atoms with Gasteiger partial charge in [0.1, 0.15) is 5.52 Å². The Bertz CT molecular complexity index is 1410. The van der Waals surface area contributed by atoms with Gasteiger partial charge in [0.05, 0.1) is 10.6 Å². The minimum Gasteiger partial charge on any atom is -0.370 e. The molecule has 1 aliphatic carbocycles. The summed E-state index contributed by atoms with van der Waals surface area (Å²) in [4.78, 5) is 18.2. The van der Waals surface area contributed by atoms with Crippen molar-refractivity contribution in [2.24, 2.45) is 12.4 Å². The highest BCUT2D eigenvalue weighted by atomic mass is 32.2. The second kappa shape index (κ2) is 7.26. The molecule has 1 N–H and O–H groups in total. The first-order valence-electron chi connectivity index (χ1n) is 12.4. The third kappa shape index (κ3) is 3.30. The van der Waals surface area contributed by atoms with E-state index in [1.54, 1.807) is 24.4 Å². The fraction of sp³-hybridized carbons (Fsp3) is 0.458. The van der Waals surface area contributed by atoms with Crippen molar-refractivity contribution < 1.29 is 12.5 Å². The summed E-state index contributed by atoms with van der Waals surface area (Å²) in [5, 5.41) is 0.578. The predicted molar refractivity (Wildman–Crippen MR) is 124 cm³/mol. The Morgan fingerprint density at radius 1 is 1.19 bits per heavy atom. The number of aromatic nitrogens is 2. The zero-order valence-electron chi connectivity index (χ0n) is 20.6. The molecule has 0 amide bonds.